The Morgan fingerprint density at radius 2 is 2.18 bits per heavy atom. The summed E-state index contributed by atoms with van der Waals surface area (Å²) in [6.07, 6.45) is 5.75. The molecule has 0 saturated carbocycles. The first-order valence-electron chi connectivity index (χ1n) is 3.32. The summed E-state index contributed by atoms with van der Waals surface area (Å²) in [5, 5.41) is 0. The summed E-state index contributed by atoms with van der Waals surface area (Å²) in [5.41, 5.74) is 0. The molecule has 0 aliphatic rings. The zero-order valence-electron chi connectivity index (χ0n) is 6.45. The van der Waals surface area contributed by atoms with Crippen molar-refractivity contribution in [2.45, 2.75) is 6.42 Å². The third-order valence-electron chi connectivity index (χ3n) is 1.24. The Kier molecular flexibility index (Phi) is 2.60. The Labute approximate surface area is 65.8 Å². The van der Waals surface area contributed by atoms with Crippen LogP contribution in [0.5, 0.6) is 5.75 Å². The van der Waals surface area contributed by atoms with Crippen LogP contribution in [-0.2, 0) is 6.42 Å². The molecule has 0 radical (unpaired) electrons. The minimum absolute atomic E-state index is 0.679. The summed E-state index contributed by atoms with van der Waals surface area (Å²) in [7, 11) is 1.59. The van der Waals surface area contributed by atoms with E-state index >= 15 is 0 Å². The first kappa shape index (κ1) is 7.72. The normalized spacial score (nSPS) is 9.18. The topological polar surface area (TPSA) is 35.0 Å². The van der Waals surface area contributed by atoms with Gasteiger partial charge in [0.15, 0.2) is 5.75 Å². The van der Waals surface area contributed by atoms with E-state index in [0.717, 1.165) is 5.82 Å². The third-order valence-corrected chi connectivity index (χ3v) is 1.24. The van der Waals surface area contributed by atoms with Crippen molar-refractivity contribution in [3.05, 3.63) is 30.9 Å². The van der Waals surface area contributed by atoms with E-state index in [2.05, 4.69) is 16.5 Å². The lowest BCUT2D eigenvalue weighted by molar-refractivity contribution is 0.410. The van der Waals surface area contributed by atoms with Gasteiger partial charge in [0.2, 0.25) is 0 Å². The van der Waals surface area contributed by atoms with Crippen molar-refractivity contribution >= 4 is 0 Å². The number of ether oxygens (including phenoxy) is 1. The van der Waals surface area contributed by atoms with Gasteiger partial charge in [0.1, 0.15) is 5.82 Å². The van der Waals surface area contributed by atoms with Gasteiger partial charge in [-0.3, -0.25) is 0 Å². The Bertz CT molecular complexity index is 230. The molecule has 0 spiro atoms. The highest BCUT2D eigenvalue weighted by Crippen LogP contribution is 2.04. The van der Waals surface area contributed by atoms with Crippen molar-refractivity contribution in [1.82, 2.24) is 9.97 Å². The maximum absolute atomic E-state index is 4.90. The highest BCUT2D eigenvalue weighted by Gasteiger charge is 1.93. The van der Waals surface area contributed by atoms with E-state index in [4.69, 9.17) is 4.74 Å². The molecule has 0 aliphatic heterocycles. The van der Waals surface area contributed by atoms with Crippen LogP contribution in [0.15, 0.2) is 25.0 Å². The molecule has 58 valence electrons. The van der Waals surface area contributed by atoms with Gasteiger partial charge in [-0.2, -0.15) is 0 Å². The molecule has 1 heterocycles. The van der Waals surface area contributed by atoms with Crippen LogP contribution in [0.3, 0.4) is 0 Å². The summed E-state index contributed by atoms with van der Waals surface area (Å²) in [6, 6.07) is 0. The van der Waals surface area contributed by atoms with Crippen LogP contribution in [0, 0.1) is 0 Å². The standard InChI is InChI=1S/C8H10N2O/c1-3-4-8-9-5-7(11-2)6-10-8/h3,5-6H,1,4H2,2H3. The molecule has 0 unspecified atom stereocenters. The highest BCUT2D eigenvalue weighted by molar-refractivity contribution is 5.12. The van der Waals surface area contributed by atoms with Gasteiger partial charge in [0, 0.05) is 6.42 Å². The number of allylic oxidation sites excluding steroid dienone is 1. The summed E-state index contributed by atoms with van der Waals surface area (Å²) in [6.45, 7) is 3.59. The van der Waals surface area contributed by atoms with Crippen LogP contribution in [0.1, 0.15) is 5.82 Å². The number of rotatable bonds is 3. The molecule has 0 N–H and O–H groups in total. The summed E-state index contributed by atoms with van der Waals surface area (Å²) < 4.78 is 4.90. The third kappa shape index (κ3) is 2.04. The van der Waals surface area contributed by atoms with Gasteiger partial charge in [0.25, 0.3) is 0 Å². The average Bonchev–Trinajstić information content (AvgIpc) is 2.07. The molecule has 0 atom stereocenters. The molecular weight excluding hydrogens is 140 g/mol. The zero-order valence-corrected chi connectivity index (χ0v) is 6.45. The van der Waals surface area contributed by atoms with Crippen LogP contribution in [-0.4, -0.2) is 17.1 Å². The number of hydrogen-bond acceptors (Lipinski definition) is 3. The lowest BCUT2D eigenvalue weighted by Gasteiger charge is -1.97. The minimum Gasteiger partial charge on any atom is -0.494 e. The SMILES string of the molecule is C=CCc1ncc(OC)cn1. The smallest absolute Gasteiger partial charge is 0.155 e. The molecule has 0 aromatic carbocycles. The van der Waals surface area contributed by atoms with Crippen molar-refractivity contribution < 1.29 is 4.74 Å². The number of hydrogen-bond donors (Lipinski definition) is 0. The zero-order chi connectivity index (χ0) is 8.10. The van der Waals surface area contributed by atoms with E-state index in [1.165, 1.54) is 0 Å². The molecular formula is C8H10N2O. The first-order chi connectivity index (χ1) is 5.36. The van der Waals surface area contributed by atoms with Gasteiger partial charge in [-0.15, -0.1) is 6.58 Å². The molecule has 0 aliphatic carbocycles. The lowest BCUT2D eigenvalue weighted by atomic mass is 10.4. The van der Waals surface area contributed by atoms with Crippen LogP contribution in [0.25, 0.3) is 0 Å². The van der Waals surface area contributed by atoms with Crippen molar-refractivity contribution in [2.24, 2.45) is 0 Å². The predicted octanol–water partition coefficient (Wildman–Crippen LogP) is 1.21. The maximum atomic E-state index is 4.90. The number of methoxy groups -OCH3 is 1. The molecule has 1 aromatic heterocycles. The first-order valence-corrected chi connectivity index (χ1v) is 3.32. The summed E-state index contributed by atoms with van der Waals surface area (Å²) in [5.74, 6) is 1.44. The van der Waals surface area contributed by atoms with Gasteiger partial charge < -0.3 is 4.74 Å². The largest absolute Gasteiger partial charge is 0.494 e. The van der Waals surface area contributed by atoms with Crippen LogP contribution in [0.4, 0.5) is 0 Å². The second kappa shape index (κ2) is 3.71. The fourth-order valence-corrected chi connectivity index (χ4v) is 0.683. The van der Waals surface area contributed by atoms with Gasteiger partial charge in [0.05, 0.1) is 19.5 Å². The molecule has 0 amide bonds. The Morgan fingerprint density at radius 1 is 1.55 bits per heavy atom. The van der Waals surface area contributed by atoms with Crippen molar-refractivity contribution in [3.8, 4) is 5.75 Å². The van der Waals surface area contributed by atoms with Crippen LogP contribution in [0.2, 0.25) is 0 Å². The van der Waals surface area contributed by atoms with E-state index in [-0.39, 0.29) is 0 Å². The molecule has 1 aromatic rings. The Morgan fingerprint density at radius 3 is 2.64 bits per heavy atom. The van der Waals surface area contributed by atoms with Crippen molar-refractivity contribution in [3.63, 3.8) is 0 Å². The molecule has 11 heavy (non-hydrogen) atoms. The molecule has 3 nitrogen and oxygen atoms in total. The second-order valence-corrected chi connectivity index (χ2v) is 2.03. The van der Waals surface area contributed by atoms with Crippen molar-refractivity contribution in [1.29, 1.82) is 0 Å². The summed E-state index contributed by atoms with van der Waals surface area (Å²) >= 11 is 0. The fraction of sp³-hybridized carbons (Fsp3) is 0.250. The van der Waals surface area contributed by atoms with E-state index < -0.39 is 0 Å². The predicted molar refractivity (Wildman–Crippen MR) is 42.5 cm³/mol. The molecule has 0 saturated heterocycles. The fourth-order valence-electron chi connectivity index (χ4n) is 0.683. The van der Waals surface area contributed by atoms with Crippen LogP contribution >= 0.6 is 0 Å². The van der Waals surface area contributed by atoms with Gasteiger partial charge >= 0.3 is 0 Å². The number of aromatic nitrogens is 2. The average molecular weight is 150 g/mol. The molecule has 1 rings (SSSR count). The molecule has 3 heteroatoms. The van der Waals surface area contributed by atoms with E-state index in [1.807, 2.05) is 0 Å². The maximum Gasteiger partial charge on any atom is 0.155 e. The van der Waals surface area contributed by atoms with Crippen molar-refractivity contribution in [2.75, 3.05) is 7.11 Å². The minimum atomic E-state index is 0.679. The Hall–Kier alpha value is -1.38. The van der Waals surface area contributed by atoms with Gasteiger partial charge in [-0.05, 0) is 0 Å². The van der Waals surface area contributed by atoms with Gasteiger partial charge in [-0.25, -0.2) is 9.97 Å². The van der Waals surface area contributed by atoms with E-state index in [9.17, 15) is 0 Å². The number of nitrogens with zero attached hydrogens (tertiary/aromatic N) is 2. The monoisotopic (exact) mass is 150 g/mol. The van der Waals surface area contributed by atoms with Crippen LogP contribution < -0.4 is 4.74 Å². The molecule has 0 fully saturated rings. The highest BCUT2D eigenvalue weighted by atomic mass is 16.5. The quantitative estimate of drug-likeness (QED) is 0.607. The molecule has 0 bridgehead atoms. The van der Waals surface area contributed by atoms with E-state index in [0.29, 0.717) is 12.2 Å². The second-order valence-electron chi connectivity index (χ2n) is 2.03. The van der Waals surface area contributed by atoms with Gasteiger partial charge in [-0.1, -0.05) is 6.08 Å². The summed E-state index contributed by atoms with van der Waals surface area (Å²) in [4.78, 5) is 8.06. The lowest BCUT2D eigenvalue weighted by Crippen LogP contribution is -1.93. The Balaban J connectivity index is 2.74. The van der Waals surface area contributed by atoms with E-state index in [1.54, 1.807) is 25.6 Å².